The number of carboxylic acids is 1. The van der Waals surface area contributed by atoms with E-state index in [4.69, 9.17) is 9.84 Å². The van der Waals surface area contributed by atoms with E-state index < -0.39 is 16.9 Å². The summed E-state index contributed by atoms with van der Waals surface area (Å²) in [6.07, 6.45) is 0. The van der Waals surface area contributed by atoms with E-state index in [1.54, 1.807) is 36.4 Å². The molecule has 0 heterocycles. The van der Waals surface area contributed by atoms with Crippen LogP contribution in [0.4, 0.5) is 5.69 Å². The van der Waals surface area contributed by atoms with Gasteiger partial charge in [-0.05, 0) is 24.7 Å². The van der Waals surface area contributed by atoms with E-state index in [0.29, 0.717) is 11.1 Å². The monoisotopic (exact) mass is 316 g/mol. The predicted molar refractivity (Wildman–Crippen MR) is 84.5 cm³/mol. The van der Waals surface area contributed by atoms with Crippen molar-refractivity contribution >= 4 is 11.7 Å². The van der Waals surface area contributed by atoms with Crippen LogP contribution in [0.1, 0.15) is 0 Å². The van der Waals surface area contributed by atoms with Crippen LogP contribution >= 0.6 is 0 Å². The van der Waals surface area contributed by atoms with Crippen LogP contribution < -0.4 is 10.1 Å². The topological polar surface area (TPSA) is 102 Å². The number of benzene rings is 2. The number of nitrogens with zero attached hydrogens (tertiary/aromatic N) is 1. The Balaban J connectivity index is 2.37. The Hall–Kier alpha value is -2.93. The molecule has 120 valence electrons. The molecule has 0 bridgehead atoms. The fourth-order valence-electron chi connectivity index (χ4n) is 2.13. The smallest absolute Gasteiger partial charge is 0.324 e. The molecule has 0 aliphatic rings. The Labute approximate surface area is 132 Å². The molecule has 0 aliphatic heterocycles. The molecule has 1 atom stereocenters. The van der Waals surface area contributed by atoms with Gasteiger partial charge in [0.1, 0.15) is 12.6 Å². The first kappa shape index (κ1) is 16.4. The first-order chi connectivity index (χ1) is 11.0. The van der Waals surface area contributed by atoms with Crippen LogP contribution in [0.3, 0.4) is 0 Å². The fraction of sp³-hybridized carbons (Fsp3) is 0.188. The summed E-state index contributed by atoms with van der Waals surface area (Å²) in [5, 5.41) is 23.0. The van der Waals surface area contributed by atoms with E-state index in [0.717, 1.165) is 0 Å². The molecule has 0 saturated heterocycles. The Kier molecular flexibility index (Phi) is 5.27. The number of carbonyl (C=O) groups is 1. The molecule has 0 aliphatic carbocycles. The Bertz CT molecular complexity index is 703. The molecule has 2 rings (SSSR count). The summed E-state index contributed by atoms with van der Waals surface area (Å²) in [6.45, 7) is -0.217. The maximum absolute atomic E-state index is 11.5. The van der Waals surface area contributed by atoms with Gasteiger partial charge in [-0.25, -0.2) is 0 Å². The summed E-state index contributed by atoms with van der Waals surface area (Å²) < 4.78 is 5.39. The van der Waals surface area contributed by atoms with Gasteiger partial charge in [-0.3, -0.25) is 14.9 Å². The number of aliphatic carboxylic acids is 1. The number of para-hydroxylation sites is 1. The highest BCUT2D eigenvalue weighted by Crippen LogP contribution is 2.37. The number of carboxylic acid groups (broad SMARTS) is 1. The standard InChI is InChI=1S/C16H16N2O5/c1-17-13(16(19)20)10-23-14-9-5-8-12(15(14)18(21)22)11-6-3-2-4-7-11/h2-9,13,17H,10H2,1H3,(H,19,20)/t13-/m0/s1. The summed E-state index contributed by atoms with van der Waals surface area (Å²) in [7, 11) is 1.48. The van der Waals surface area contributed by atoms with E-state index in [1.165, 1.54) is 13.1 Å². The number of ether oxygens (including phenoxy) is 1. The normalized spacial score (nSPS) is 11.7. The van der Waals surface area contributed by atoms with Crippen molar-refractivity contribution in [3.05, 3.63) is 58.6 Å². The second-order valence-corrected chi connectivity index (χ2v) is 4.77. The van der Waals surface area contributed by atoms with Crippen LogP contribution in [0.5, 0.6) is 5.75 Å². The first-order valence-electron chi connectivity index (χ1n) is 6.90. The maximum Gasteiger partial charge on any atom is 0.324 e. The van der Waals surface area contributed by atoms with Crippen molar-refractivity contribution in [2.45, 2.75) is 6.04 Å². The minimum atomic E-state index is -1.09. The molecule has 7 heteroatoms. The van der Waals surface area contributed by atoms with Crippen molar-refractivity contribution in [1.29, 1.82) is 0 Å². The van der Waals surface area contributed by atoms with Crippen molar-refractivity contribution in [3.8, 4) is 16.9 Å². The number of nitro groups is 1. The third kappa shape index (κ3) is 3.83. The third-order valence-corrected chi connectivity index (χ3v) is 3.32. The summed E-state index contributed by atoms with van der Waals surface area (Å²) in [5.41, 5.74) is 0.927. The quantitative estimate of drug-likeness (QED) is 0.600. The molecule has 0 saturated carbocycles. The van der Waals surface area contributed by atoms with Gasteiger partial charge in [0.15, 0.2) is 5.75 Å². The van der Waals surface area contributed by atoms with Crippen molar-refractivity contribution in [2.75, 3.05) is 13.7 Å². The van der Waals surface area contributed by atoms with E-state index in [2.05, 4.69) is 5.32 Å². The maximum atomic E-state index is 11.5. The number of nitro benzene ring substituents is 1. The number of rotatable bonds is 7. The molecule has 23 heavy (non-hydrogen) atoms. The van der Waals surface area contributed by atoms with Gasteiger partial charge in [0.05, 0.1) is 10.5 Å². The lowest BCUT2D eigenvalue weighted by Crippen LogP contribution is -2.39. The Morgan fingerprint density at radius 1 is 1.26 bits per heavy atom. The molecule has 2 N–H and O–H groups in total. The largest absolute Gasteiger partial charge is 0.484 e. The highest BCUT2D eigenvalue weighted by Gasteiger charge is 2.24. The van der Waals surface area contributed by atoms with Crippen LogP contribution in [-0.4, -0.2) is 35.7 Å². The Morgan fingerprint density at radius 2 is 1.96 bits per heavy atom. The average Bonchev–Trinajstić information content (AvgIpc) is 2.55. The zero-order valence-electron chi connectivity index (χ0n) is 12.4. The molecule has 2 aromatic carbocycles. The van der Waals surface area contributed by atoms with Crippen LogP contribution in [0, 0.1) is 10.1 Å². The van der Waals surface area contributed by atoms with E-state index >= 15 is 0 Å². The van der Waals surface area contributed by atoms with Gasteiger partial charge < -0.3 is 15.2 Å². The predicted octanol–water partition coefficient (Wildman–Crippen LogP) is 2.31. The molecular weight excluding hydrogens is 300 g/mol. The number of hydrogen-bond donors (Lipinski definition) is 2. The van der Waals surface area contributed by atoms with Gasteiger partial charge in [0.25, 0.3) is 0 Å². The lowest BCUT2D eigenvalue weighted by atomic mass is 10.0. The molecule has 0 spiro atoms. The fourth-order valence-corrected chi connectivity index (χ4v) is 2.13. The van der Waals surface area contributed by atoms with Gasteiger partial charge in [-0.15, -0.1) is 0 Å². The highest BCUT2D eigenvalue weighted by molar-refractivity contribution is 5.77. The van der Waals surface area contributed by atoms with Gasteiger partial charge in [0, 0.05) is 0 Å². The van der Waals surface area contributed by atoms with Crippen molar-refractivity contribution in [2.24, 2.45) is 0 Å². The number of nitrogens with one attached hydrogen (secondary N) is 1. The van der Waals surface area contributed by atoms with E-state index in [-0.39, 0.29) is 18.0 Å². The number of hydrogen-bond acceptors (Lipinski definition) is 5. The molecule has 0 radical (unpaired) electrons. The van der Waals surface area contributed by atoms with E-state index in [9.17, 15) is 14.9 Å². The van der Waals surface area contributed by atoms with Crippen LogP contribution in [-0.2, 0) is 4.79 Å². The van der Waals surface area contributed by atoms with Crippen molar-refractivity contribution < 1.29 is 19.6 Å². The van der Waals surface area contributed by atoms with Crippen LogP contribution in [0.2, 0.25) is 0 Å². The van der Waals surface area contributed by atoms with Gasteiger partial charge >= 0.3 is 11.7 Å². The highest BCUT2D eigenvalue weighted by atomic mass is 16.6. The van der Waals surface area contributed by atoms with Crippen molar-refractivity contribution in [3.63, 3.8) is 0 Å². The summed E-state index contributed by atoms with van der Waals surface area (Å²) >= 11 is 0. The average molecular weight is 316 g/mol. The van der Waals surface area contributed by atoms with Crippen LogP contribution in [0.15, 0.2) is 48.5 Å². The van der Waals surface area contributed by atoms with Gasteiger partial charge in [0.2, 0.25) is 0 Å². The zero-order chi connectivity index (χ0) is 16.8. The summed E-state index contributed by atoms with van der Waals surface area (Å²) in [5.74, 6) is -1.05. The lowest BCUT2D eigenvalue weighted by molar-refractivity contribution is -0.385. The molecule has 0 unspecified atom stereocenters. The molecule has 2 aromatic rings. The molecule has 0 fully saturated rings. The summed E-state index contributed by atoms with van der Waals surface area (Å²) in [4.78, 5) is 21.9. The molecule has 0 aromatic heterocycles. The zero-order valence-corrected chi connectivity index (χ0v) is 12.4. The summed E-state index contributed by atoms with van der Waals surface area (Å²) in [6, 6.07) is 12.7. The second-order valence-electron chi connectivity index (χ2n) is 4.77. The number of likely N-dealkylation sites (N-methyl/N-ethyl adjacent to an activating group) is 1. The third-order valence-electron chi connectivity index (χ3n) is 3.32. The Morgan fingerprint density at radius 3 is 2.52 bits per heavy atom. The minimum absolute atomic E-state index is 0.0397. The molecule has 7 nitrogen and oxygen atoms in total. The SMILES string of the molecule is CN[C@@H](COc1cccc(-c2ccccc2)c1[N+](=O)[O-])C(=O)O. The second kappa shape index (κ2) is 7.37. The first-order valence-corrected chi connectivity index (χ1v) is 6.90. The molecular formula is C16H16N2O5. The van der Waals surface area contributed by atoms with E-state index in [1.807, 2.05) is 6.07 Å². The van der Waals surface area contributed by atoms with Crippen molar-refractivity contribution in [1.82, 2.24) is 5.32 Å². The minimum Gasteiger partial charge on any atom is -0.484 e. The van der Waals surface area contributed by atoms with Gasteiger partial charge in [-0.1, -0.05) is 36.4 Å². The van der Waals surface area contributed by atoms with Gasteiger partial charge in [-0.2, -0.15) is 0 Å². The molecule has 0 amide bonds. The van der Waals surface area contributed by atoms with Crippen LogP contribution in [0.25, 0.3) is 11.1 Å². The lowest BCUT2D eigenvalue weighted by Gasteiger charge is -2.14.